The molecule has 356 valence electrons. The first kappa shape index (κ1) is 45.7. The van der Waals surface area contributed by atoms with Crippen LogP contribution < -0.4 is 0 Å². The summed E-state index contributed by atoms with van der Waals surface area (Å²) in [6, 6.07) is 103. The molecule has 0 aliphatic rings. The van der Waals surface area contributed by atoms with Gasteiger partial charge in [-0.25, -0.2) is 19.9 Å². The predicted octanol–water partition coefficient (Wildman–Crippen LogP) is 18.8. The Labute approximate surface area is 443 Å². The standard InChI is InChI=1S/C72H48N4/c1-6-18-49(19-7-1)51-30-34-53(35-31-51)62-46-47-63(54-36-32-52(33-37-54)50-20-8-2-9-21-50)69(58-42-44-59(45-43-58)70-64-28-16-17-29-65(64)73-72(76-70)61-26-14-5-15-27-61)68(62)57-40-38-56(39-41-57)67-48-66(55-22-10-3-11-23-55)74-71(75-67)60-24-12-4-13-25-60/h1-48H. The van der Waals surface area contributed by atoms with Crippen molar-refractivity contribution in [3.8, 4) is 123 Å². The van der Waals surface area contributed by atoms with Crippen LogP contribution in [0.2, 0.25) is 0 Å². The fraction of sp³-hybridized carbons (Fsp3) is 0. The van der Waals surface area contributed by atoms with Crippen molar-refractivity contribution >= 4 is 10.9 Å². The molecule has 2 heterocycles. The first-order chi connectivity index (χ1) is 37.7. The lowest BCUT2D eigenvalue weighted by molar-refractivity contribution is 1.18. The molecule has 4 nitrogen and oxygen atoms in total. The zero-order valence-electron chi connectivity index (χ0n) is 41.5. The monoisotopic (exact) mass is 968 g/mol. The molecule has 0 radical (unpaired) electrons. The third kappa shape index (κ3) is 9.17. The van der Waals surface area contributed by atoms with Crippen molar-refractivity contribution in [3.63, 3.8) is 0 Å². The van der Waals surface area contributed by atoms with Crippen molar-refractivity contribution in [2.45, 2.75) is 0 Å². The van der Waals surface area contributed by atoms with Crippen molar-refractivity contribution in [3.05, 3.63) is 291 Å². The smallest absolute Gasteiger partial charge is 0.160 e. The largest absolute Gasteiger partial charge is 0.228 e. The Morgan fingerprint density at radius 1 is 0.197 bits per heavy atom. The van der Waals surface area contributed by atoms with E-state index in [0.717, 1.165) is 100 Å². The van der Waals surface area contributed by atoms with Crippen molar-refractivity contribution < 1.29 is 0 Å². The SMILES string of the molecule is c1ccc(-c2ccc(-c3ccc(-c4ccc(-c5ccccc5)cc4)c(-c4ccc(-c5nc(-c6ccccc6)nc6ccccc56)cc4)c3-c3ccc(-c4cc(-c5ccccc5)nc(-c5ccccc5)n4)cc3)cc2)cc1. The quantitative estimate of drug-likeness (QED) is 0.130. The van der Waals surface area contributed by atoms with E-state index in [1.807, 2.05) is 48.5 Å². The summed E-state index contributed by atoms with van der Waals surface area (Å²) in [5, 5.41) is 1.01. The van der Waals surface area contributed by atoms with E-state index in [9.17, 15) is 0 Å². The third-order valence-electron chi connectivity index (χ3n) is 14.2. The lowest BCUT2D eigenvalue weighted by Crippen LogP contribution is -1.97. The highest BCUT2D eigenvalue weighted by molar-refractivity contribution is 6.03. The molecule has 13 aromatic rings. The second-order valence-electron chi connectivity index (χ2n) is 18.9. The normalized spacial score (nSPS) is 11.2. The molecule has 0 aliphatic heterocycles. The molecule has 0 atom stereocenters. The molecule has 4 heteroatoms. The van der Waals surface area contributed by atoms with Crippen molar-refractivity contribution in [1.29, 1.82) is 0 Å². The third-order valence-corrected chi connectivity index (χ3v) is 14.2. The summed E-state index contributed by atoms with van der Waals surface area (Å²) in [5.41, 5.74) is 22.2. The predicted molar refractivity (Wildman–Crippen MR) is 315 cm³/mol. The van der Waals surface area contributed by atoms with Crippen molar-refractivity contribution in [1.82, 2.24) is 19.9 Å². The maximum absolute atomic E-state index is 5.25. The van der Waals surface area contributed by atoms with E-state index in [1.54, 1.807) is 0 Å². The van der Waals surface area contributed by atoms with Crippen LogP contribution in [0.1, 0.15) is 0 Å². The van der Waals surface area contributed by atoms with E-state index in [2.05, 4.69) is 243 Å². The van der Waals surface area contributed by atoms with Crippen LogP contribution in [-0.4, -0.2) is 19.9 Å². The molecule has 76 heavy (non-hydrogen) atoms. The van der Waals surface area contributed by atoms with Crippen molar-refractivity contribution in [2.75, 3.05) is 0 Å². The van der Waals surface area contributed by atoms with Gasteiger partial charge in [0.05, 0.1) is 22.6 Å². The van der Waals surface area contributed by atoms with Gasteiger partial charge in [-0.3, -0.25) is 0 Å². The number of rotatable bonds is 11. The summed E-state index contributed by atoms with van der Waals surface area (Å²) in [4.78, 5) is 20.5. The Hall–Kier alpha value is -10.2. The minimum atomic E-state index is 0.685. The second-order valence-corrected chi connectivity index (χ2v) is 18.9. The first-order valence-electron chi connectivity index (χ1n) is 25.7. The molecule has 0 saturated carbocycles. The van der Waals surface area contributed by atoms with Crippen LogP contribution in [0.3, 0.4) is 0 Å². The molecular weight excluding hydrogens is 921 g/mol. The van der Waals surface area contributed by atoms with Crippen LogP contribution in [-0.2, 0) is 0 Å². The lowest BCUT2D eigenvalue weighted by atomic mass is 9.82. The number of hydrogen-bond donors (Lipinski definition) is 0. The van der Waals surface area contributed by atoms with Gasteiger partial charge in [-0.1, -0.05) is 279 Å². The average Bonchev–Trinajstić information content (AvgIpc) is 3.54. The van der Waals surface area contributed by atoms with E-state index < -0.39 is 0 Å². The summed E-state index contributed by atoms with van der Waals surface area (Å²) < 4.78 is 0. The van der Waals surface area contributed by atoms with Crippen LogP contribution in [0.4, 0.5) is 0 Å². The number of benzene rings is 11. The molecule has 0 bridgehead atoms. The maximum Gasteiger partial charge on any atom is 0.160 e. The number of fused-ring (bicyclic) bond motifs is 1. The highest BCUT2D eigenvalue weighted by Gasteiger charge is 2.22. The molecule has 0 spiro atoms. The van der Waals surface area contributed by atoms with Gasteiger partial charge in [0.15, 0.2) is 11.6 Å². The summed E-state index contributed by atoms with van der Waals surface area (Å²) in [6.07, 6.45) is 0. The summed E-state index contributed by atoms with van der Waals surface area (Å²) in [5.74, 6) is 1.39. The Morgan fingerprint density at radius 3 is 0.974 bits per heavy atom. The zero-order valence-corrected chi connectivity index (χ0v) is 41.5. The van der Waals surface area contributed by atoms with Crippen molar-refractivity contribution in [2.24, 2.45) is 0 Å². The van der Waals surface area contributed by atoms with E-state index >= 15 is 0 Å². The minimum absolute atomic E-state index is 0.685. The molecule has 0 aliphatic carbocycles. The topological polar surface area (TPSA) is 51.6 Å². The summed E-state index contributed by atoms with van der Waals surface area (Å²) >= 11 is 0. The minimum Gasteiger partial charge on any atom is -0.228 e. The Balaban J connectivity index is 1.01. The second kappa shape index (κ2) is 20.4. The fourth-order valence-electron chi connectivity index (χ4n) is 10.3. The fourth-order valence-corrected chi connectivity index (χ4v) is 10.3. The highest BCUT2D eigenvalue weighted by Crippen LogP contribution is 2.47. The van der Waals surface area contributed by atoms with Gasteiger partial charge in [0.1, 0.15) is 0 Å². The van der Waals surface area contributed by atoms with Gasteiger partial charge in [0.2, 0.25) is 0 Å². The van der Waals surface area contributed by atoms with Crippen LogP contribution in [0.25, 0.3) is 134 Å². The van der Waals surface area contributed by atoms with E-state index in [1.165, 1.54) is 22.3 Å². The molecule has 11 aromatic carbocycles. The number of para-hydroxylation sites is 1. The van der Waals surface area contributed by atoms with Crippen LogP contribution >= 0.6 is 0 Å². The van der Waals surface area contributed by atoms with Crippen LogP contribution in [0, 0.1) is 0 Å². The Morgan fingerprint density at radius 2 is 0.513 bits per heavy atom. The molecule has 0 saturated heterocycles. The molecule has 13 rings (SSSR count). The van der Waals surface area contributed by atoms with Gasteiger partial charge in [0.25, 0.3) is 0 Å². The zero-order chi connectivity index (χ0) is 50.6. The highest BCUT2D eigenvalue weighted by atomic mass is 14.9. The molecule has 0 N–H and O–H groups in total. The molecule has 0 amide bonds. The molecular formula is C72H48N4. The average molecular weight is 969 g/mol. The van der Waals surface area contributed by atoms with Gasteiger partial charge in [-0.05, 0) is 78.9 Å². The molecule has 0 fully saturated rings. The molecule has 0 unspecified atom stereocenters. The number of nitrogens with zero attached hydrogens (tertiary/aromatic N) is 4. The van der Waals surface area contributed by atoms with Gasteiger partial charge < -0.3 is 0 Å². The van der Waals surface area contributed by atoms with Crippen LogP contribution in [0.5, 0.6) is 0 Å². The number of hydrogen-bond acceptors (Lipinski definition) is 4. The first-order valence-corrected chi connectivity index (χ1v) is 25.7. The lowest BCUT2D eigenvalue weighted by Gasteiger charge is -2.21. The van der Waals surface area contributed by atoms with Gasteiger partial charge in [-0.15, -0.1) is 0 Å². The van der Waals surface area contributed by atoms with Gasteiger partial charge in [0, 0.05) is 33.2 Å². The van der Waals surface area contributed by atoms with Gasteiger partial charge in [-0.2, -0.15) is 0 Å². The summed E-state index contributed by atoms with van der Waals surface area (Å²) in [7, 11) is 0. The molecule has 2 aromatic heterocycles. The van der Waals surface area contributed by atoms with E-state index in [4.69, 9.17) is 19.9 Å². The van der Waals surface area contributed by atoms with Crippen LogP contribution in [0.15, 0.2) is 291 Å². The van der Waals surface area contributed by atoms with E-state index in [-0.39, 0.29) is 0 Å². The maximum atomic E-state index is 5.25. The Bertz CT molecular complexity index is 4070. The number of aromatic nitrogens is 4. The Kier molecular flexibility index (Phi) is 12.3. The summed E-state index contributed by atoms with van der Waals surface area (Å²) in [6.45, 7) is 0. The van der Waals surface area contributed by atoms with Gasteiger partial charge >= 0.3 is 0 Å². The van der Waals surface area contributed by atoms with E-state index in [0.29, 0.717) is 11.6 Å².